The molecule has 0 saturated heterocycles. The van der Waals surface area contributed by atoms with E-state index in [1.54, 1.807) is 39.3 Å². The fraction of sp³-hybridized carbons (Fsp3) is 0.222. The SMILES string of the molecule is CC(c1cc2cnccc2s1)n1nnc2ncc(-c3cnn(CCO)c3)nc21. The minimum atomic E-state index is -0.0379. The third kappa shape index (κ3) is 2.83. The molecule has 0 radical (unpaired) electrons. The second-order valence-corrected chi connectivity index (χ2v) is 7.51. The number of nitrogens with zero attached hydrogens (tertiary/aromatic N) is 8. The summed E-state index contributed by atoms with van der Waals surface area (Å²) in [5, 5.41) is 22.9. The van der Waals surface area contributed by atoms with Crippen molar-refractivity contribution in [2.75, 3.05) is 6.61 Å². The lowest BCUT2D eigenvalue weighted by Gasteiger charge is -2.09. The van der Waals surface area contributed by atoms with E-state index < -0.39 is 0 Å². The van der Waals surface area contributed by atoms with Gasteiger partial charge in [-0.25, -0.2) is 14.6 Å². The van der Waals surface area contributed by atoms with Gasteiger partial charge in [0.05, 0.1) is 37.3 Å². The molecule has 0 spiro atoms. The summed E-state index contributed by atoms with van der Waals surface area (Å²) < 4.78 is 4.65. The van der Waals surface area contributed by atoms with Crippen molar-refractivity contribution in [3.63, 3.8) is 0 Å². The minimum absolute atomic E-state index is 0.0325. The van der Waals surface area contributed by atoms with Crippen LogP contribution in [0.4, 0.5) is 0 Å². The van der Waals surface area contributed by atoms with E-state index in [-0.39, 0.29) is 12.6 Å². The molecular formula is C18H16N8OS. The molecule has 1 unspecified atom stereocenters. The second kappa shape index (κ2) is 6.73. The van der Waals surface area contributed by atoms with Gasteiger partial charge in [-0.2, -0.15) is 5.10 Å². The number of pyridine rings is 1. The van der Waals surface area contributed by atoms with Crippen LogP contribution in [0.1, 0.15) is 17.8 Å². The van der Waals surface area contributed by atoms with E-state index in [0.717, 1.165) is 15.8 Å². The van der Waals surface area contributed by atoms with Crippen molar-refractivity contribution in [1.82, 2.24) is 39.7 Å². The van der Waals surface area contributed by atoms with Crippen LogP contribution in [0.25, 0.3) is 32.6 Å². The molecular weight excluding hydrogens is 376 g/mol. The Hall–Kier alpha value is -3.24. The molecule has 5 aromatic rings. The molecule has 5 rings (SSSR count). The number of aliphatic hydroxyl groups excluding tert-OH is 1. The Morgan fingerprint density at radius 1 is 1.25 bits per heavy atom. The van der Waals surface area contributed by atoms with Gasteiger partial charge in [-0.05, 0) is 19.1 Å². The summed E-state index contributed by atoms with van der Waals surface area (Å²) in [5.41, 5.74) is 2.64. The number of aromatic nitrogens is 8. The third-order valence-electron chi connectivity index (χ3n) is 4.56. The molecule has 1 atom stereocenters. The molecule has 5 aromatic heterocycles. The van der Waals surface area contributed by atoms with Crippen molar-refractivity contribution in [3.8, 4) is 11.3 Å². The van der Waals surface area contributed by atoms with Crippen LogP contribution in [-0.4, -0.2) is 51.4 Å². The molecule has 10 heteroatoms. The van der Waals surface area contributed by atoms with Crippen LogP contribution in [0.5, 0.6) is 0 Å². The van der Waals surface area contributed by atoms with Gasteiger partial charge in [-0.15, -0.1) is 16.4 Å². The maximum Gasteiger partial charge on any atom is 0.221 e. The molecule has 0 aliphatic carbocycles. The monoisotopic (exact) mass is 392 g/mol. The Labute approximate surface area is 163 Å². The molecule has 1 N–H and O–H groups in total. The van der Waals surface area contributed by atoms with Crippen LogP contribution in [0.15, 0.2) is 43.1 Å². The van der Waals surface area contributed by atoms with Crippen molar-refractivity contribution in [2.24, 2.45) is 0 Å². The van der Waals surface area contributed by atoms with Crippen molar-refractivity contribution in [2.45, 2.75) is 19.5 Å². The van der Waals surface area contributed by atoms with Crippen LogP contribution in [0, 0.1) is 0 Å². The molecule has 0 fully saturated rings. The first-order valence-corrected chi connectivity index (χ1v) is 9.59. The molecule has 0 bridgehead atoms. The molecule has 5 heterocycles. The van der Waals surface area contributed by atoms with Gasteiger partial charge in [0.1, 0.15) is 0 Å². The summed E-state index contributed by atoms with van der Waals surface area (Å²) >= 11 is 1.71. The molecule has 0 saturated carbocycles. The standard InChI is InChI=1S/C18H16N8OS/c1-11(16-6-12-7-19-3-2-15(12)28-16)26-18-17(23-24-26)20-9-14(22-18)13-8-21-25(10-13)4-5-27/h2-3,6-11,27H,4-5H2,1H3. The van der Waals surface area contributed by atoms with Gasteiger partial charge in [-0.3, -0.25) is 9.67 Å². The van der Waals surface area contributed by atoms with E-state index in [1.165, 1.54) is 4.70 Å². The first-order chi connectivity index (χ1) is 13.7. The van der Waals surface area contributed by atoms with Crippen LogP contribution in [-0.2, 0) is 6.54 Å². The van der Waals surface area contributed by atoms with Crippen LogP contribution >= 0.6 is 11.3 Å². The summed E-state index contributed by atoms with van der Waals surface area (Å²) in [6.07, 6.45) is 8.87. The van der Waals surface area contributed by atoms with Crippen molar-refractivity contribution in [1.29, 1.82) is 0 Å². The fourth-order valence-corrected chi connectivity index (χ4v) is 4.15. The summed E-state index contributed by atoms with van der Waals surface area (Å²) in [5.74, 6) is 0. The first-order valence-electron chi connectivity index (χ1n) is 8.78. The van der Waals surface area contributed by atoms with Gasteiger partial charge in [0.15, 0.2) is 5.65 Å². The highest BCUT2D eigenvalue weighted by molar-refractivity contribution is 7.19. The Bertz CT molecular complexity index is 1240. The number of thiophene rings is 1. The molecule has 140 valence electrons. The van der Waals surface area contributed by atoms with Crippen LogP contribution in [0.3, 0.4) is 0 Å². The molecule has 0 amide bonds. The average Bonchev–Trinajstić information content (AvgIpc) is 3.44. The molecule has 9 nitrogen and oxygen atoms in total. The number of aliphatic hydroxyl groups is 1. The van der Waals surface area contributed by atoms with Gasteiger partial charge in [0.2, 0.25) is 5.65 Å². The summed E-state index contributed by atoms with van der Waals surface area (Å²) in [7, 11) is 0. The Morgan fingerprint density at radius 2 is 2.18 bits per heavy atom. The maximum absolute atomic E-state index is 9.06. The number of fused-ring (bicyclic) bond motifs is 2. The van der Waals surface area contributed by atoms with E-state index in [0.29, 0.717) is 23.5 Å². The Balaban J connectivity index is 1.55. The number of rotatable bonds is 5. The highest BCUT2D eigenvalue weighted by Crippen LogP contribution is 2.32. The highest BCUT2D eigenvalue weighted by Gasteiger charge is 2.18. The van der Waals surface area contributed by atoms with Crippen LogP contribution < -0.4 is 0 Å². The lowest BCUT2D eigenvalue weighted by Crippen LogP contribution is -2.08. The van der Waals surface area contributed by atoms with Crippen molar-refractivity contribution in [3.05, 3.63) is 48.0 Å². The maximum atomic E-state index is 9.06. The zero-order valence-corrected chi connectivity index (χ0v) is 15.8. The lowest BCUT2D eigenvalue weighted by atomic mass is 10.2. The summed E-state index contributed by atoms with van der Waals surface area (Å²) in [4.78, 5) is 14.5. The molecule has 0 aromatic carbocycles. The Morgan fingerprint density at radius 3 is 3.04 bits per heavy atom. The second-order valence-electron chi connectivity index (χ2n) is 6.39. The normalized spacial score (nSPS) is 12.8. The summed E-state index contributed by atoms with van der Waals surface area (Å²) in [6, 6.07) is 4.10. The zero-order valence-electron chi connectivity index (χ0n) is 15.0. The minimum Gasteiger partial charge on any atom is -0.394 e. The van der Waals surface area contributed by atoms with Gasteiger partial charge in [0.25, 0.3) is 0 Å². The first kappa shape index (κ1) is 16.9. The molecule has 28 heavy (non-hydrogen) atoms. The van der Waals surface area contributed by atoms with E-state index >= 15 is 0 Å². The van der Waals surface area contributed by atoms with Gasteiger partial charge in [0, 0.05) is 39.1 Å². The predicted molar refractivity (Wildman–Crippen MR) is 105 cm³/mol. The highest BCUT2D eigenvalue weighted by atomic mass is 32.1. The van der Waals surface area contributed by atoms with Gasteiger partial charge in [-0.1, -0.05) is 5.21 Å². The number of hydrogen-bond donors (Lipinski definition) is 1. The van der Waals surface area contributed by atoms with E-state index in [2.05, 4.69) is 38.4 Å². The largest absolute Gasteiger partial charge is 0.394 e. The fourth-order valence-electron chi connectivity index (χ4n) is 3.08. The lowest BCUT2D eigenvalue weighted by molar-refractivity contribution is 0.269. The van der Waals surface area contributed by atoms with Crippen molar-refractivity contribution < 1.29 is 5.11 Å². The summed E-state index contributed by atoms with van der Waals surface area (Å²) in [6.45, 7) is 2.54. The smallest absolute Gasteiger partial charge is 0.221 e. The predicted octanol–water partition coefficient (Wildman–Crippen LogP) is 2.30. The Kier molecular flexibility index (Phi) is 4.06. The van der Waals surface area contributed by atoms with Gasteiger partial charge >= 0.3 is 0 Å². The molecule has 0 aliphatic rings. The van der Waals surface area contributed by atoms with Crippen molar-refractivity contribution >= 4 is 32.7 Å². The third-order valence-corrected chi connectivity index (χ3v) is 5.85. The van der Waals surface area contributed by atoms with E-state index in [1.807, 2.05) is 18.5 Å². The topological polar surface area (TPSA) is 107 Å². The number of hydrogen-bond acceptors (Lipinski definition) is 8. The average molecular weight is 392 g/mol. The van der Waals surface area contributed by atoms with E-state index in [9.17, 15) is 0 Å². The van der Waals surface area contributed by atoms with Gasteiger partial charge < -0.3 is 5.11 Å². The quantitative estimate of drug-likeness (QED) is 0.489. The molecule has 0 aliphatic heterocycles. The van der Waals surface area contributed by atoms with E-state index in [4.69, 9.17) is 10.1 Å². The zero-order chi connectivity index (χ0) is 19.1. The van der Waals surface area contributed by atoms with Crippen LogP contribution in [0.2, 0.25) is 0 Å².